The van der Waals surface area contributed by atoms with Crippen molar-refractivity contribution in [2.24, 2.45) is 11.8 Å². The Labute approximate surface area is 137 Å². The number of nitrogens with one attached hydrogen (secondary N) is 1. The molecule has 0 spiro atoms. The summed E-state index contributed by atoms with van der Waals surface area (Å²) < 4.78 is 5.04. The molecule has 1 fully saturated rings. The van der Waals surface area contributed by atoms with Crippen molar-refractivity contribution >= 4 is 17.8 Å². The van der Waals surface area contributed by atoms with Gasteiger partial charge in [0, 0.05) is 32.0 Å². The maximum atomic E-state index is 12.4. The number of likely N-dealkylation sites (tertiary alicyclic amines) is 1. The third-order valence-electron chi connectivity index (χ3n) is 4.10. The first kappa shape index (κ1) is 19.4. The van der Waals surface area contributed by atoms with Crippen molar-refractivity contribution in [1.82, 2.24) is 10.2 Å². The Bertz CT molecular complexity index is 444. The van der Waals surface area contributed by atoms with Crippen LogP contribution in [0.3, 0.4) is 0 Å². The van der Waals surface area contributed by atoms with Crippen LogP contribution in [0, 0.1) is 11.8 Å². The average molecular weight is 328 g/mol. The second-order valence-corrected chi connectivity index (χ2v) is 6.81. The van der Waals surface area contributed by atoms with Crippen molar-refractivity contribution < 1.29 is 24.2 Å². The molecule has 0 aliphatic carbocycles. The largest absolute Gasteiger partial charge is 0.481 e. The first-order valence-corrected chi connectivity index (χ1v) is 8.00. The summed E-state index contributed by atoms with van der Waals surface area (Å²) in [6, 6.07) is 0. The summed E-state index contributed by atoms with van der Waals surface area (Å²) in [7, 11) is 1.47. The Kier molecular flexibility index (Phi) is 7.00. The standard InChI is InChI=1S/C16H28N2O5/c1-11(2)15(22)18-7-5-12(6-8-18)14(21)17-16(3,10-23-4)9-13(19)20/h11-12H,5-10H2,1-4H3,(H,17,21)(H,19,20). The van der Waals surface area contributed by atoms with E-state index in [9.17, 15) is 14.4 Å². The SMILES string of the molecule is COCC(C)(CC(=O)O)NC(=O)C1CCN(C(=O)C(C)C)CC1. The first-order valence-electron chi connectivity index (χ1n) is 8.00. The van der Waals surface area contributed by atoms with E-state index in [1.807, 2.05) is 13.8 Å². The van der Waals surface area contributed by atoms with Crippen LogP contribution in [0.1, 0.15) is 40.0 Å². The number of amides is 2. The molecule has 0 bridgehead atoms. The highest BCUT2D eigenvalue weighted by Gasteiger charge is 2.34. The molecule has 1 unspecified atom stereocenters. The van der Waals surface area contributed by atoms with Gasteiger partial charge in [-0.15, -0.1) is 0 Å². The minimum absolute atomic E-state index is 0.0408. The van der Waals surface area contributed by atoms with Gasteiger partial charge in [-0.2, -0.15) is 0 Å². The number of carboxylic acids is 1. The van der Waals surface area contributed by atoms with Gasteiger partial charge in [-0.1, -0.05) is 13.8 Å². The third kappa shape index (κ3) is 5.82. The lowest BCUT2D eigenvalue weighted by Crippen LogP contribution is -2.54. The molecule has 1 aliphatic rings. The third-order valence-corrected chi connectivity index (χ3v) is 4.10. The Morgan fingerprint density at radius 3 is 2.30 bits per heavy atom. The summed E-state index contributed by atoms with van der Waals surface area (Å²) in [4.78, 5) is 37.1. The molecule has 1 atom stereocenters. The van der Waals surface area contributed by atoms with Crippen molar-refractivity contribution in [3.63, 3.8) is 0 Å². The highest BCUT2D eigenvalue weighted by atomic mass is 16.5. The average Bonchev–Trinajstić information content (AvgIpc) is 2.45. The van der Waals surface area contributed by atoms with Crippen molar-refractivity contribution in [3.05, 3.63) is 0 Å². The Morgan fingerprint density at radius 1 is 1.30 bits per heavy atom. The molecule has 1 saturated heterocycles. The molecule has 1 heterocycles. The minimum atomic E-state index is -0.984. The van der Waals surface area contributed by atoms with E-state index in [0.717, 1.165) is 0 Å². The van der Waals surface area contributed by atoms with Gasteiger partial charge in [-0.05, 0) is 19.8 Å². The van der Waals surface area contributed by atoms with Crippen molar-refractivity contribution in [1.29, 1.82) is 0 Å². The van der Waals surface area contributed by atoms with Gasteiger partial charge in [0.1, 0.15) is 0 Å². The Hall–Kier alpha value is -1.63. The minimum Gasteiger partial charge on any atom is -0.481 e. The van der Waals surface area contributed by atoms with E-state index in [4.69, 9.17) is 9.84 Å². The van der Waals surface area contributed by atoms with Gasteiger partial charge in [-0.25, -0.2) is 0 Å². The zero-order chi connectivity index (χ0) is 17.6. The van der Waals surface area contributed by atoms with Crippen LogP contribution in [-0.4, -0.2) is 60.1 Å². The highest BCUT2D eigenvalue weighted by molar-refractivity contribution is 5.82. The number of hydrogen-bond donors (Lipinski definition) is 2. The predicted molar refractivity (Wildman–Crippen MR) is 84.8 cm³/mol. The maximum absolute atomic E-state index is 12.4. The van der Waals surface area contributed by atoms with Gasteiger partial charge in [-0.3, -0.25) is 14.4 Å². The molecule has 0 radical (unpaired) electrons. The fourth-order valence-corrected chi connectivity index (χ4v) is 2.91. The van der Waals surface area contributed by atoms with Crippen LogP contribution in [0.25, 0.3) is 0 Å². The number of rotatable bonds is 7. The van der Waals surface area contributed by atoms with E-state index in [2.05, 4.69) is 5.32 Å². The lowest BCUT2D eigenvalue weighted by molar-refractivity contribution is -0.141. The number of methoxy groups -OCH3 is 1. The van der Waals surface area contributed by atoms with Crippen LogP contribution in [0.5, 0.6) is 0 Å². The molecule has 0 aromatic rings. The van der Waals surface area contributed by atoms with Crippen molar-refractivity contribution in [2.45, 2.75) is 45.6 Å². The molecule has 23 heavy (non-hydrogen) atoms. The topological polar surface area (TPSA) is 95.9 Å². The zero-order valence-corrected chi connectivity index (χ0v) is 14.4. The monoisotopic (exact) mass is 328 g/mol. The van der Waals surface area contributed by atoms with E-state index < -0.39 is 11.5 Å². The summed E-state index contributed by atoms with van der Waals surface area (Å²) in [5, 5.41) is 11.8. The quantitative estimate of drug-likeness (QED) is 0.723. The molecule has 0 aromatic carbocycles. The smallest absolute Gasteiger partial charge is 0.305 e. The van der Waals surface area contributed by atoms with Gasteiger partial charge in [0.25, 0.3) is 0 Å². The van der Waals surface area contributed by atoms with Gasteiger partial charge >= 0.3 is 5.97 Å². The molecule has 7 heteroatoms. The number of nitrogens with zero attached hydrogens (tertiary/aromatic N) is 1. The predicted octanol–water partition coefficient (Wildman–Crippen LogP) is 0.877. The van der Waals surface area contributed by atoms with Gasteiger partial charge in [0.05, 0.1) is 18.6 Å². The summed E-state index contributed by atoms with van der Waals surface area (Å²) in [5.41, 5.74) is -0.928. The molecule has 1 aliphatic heterocycles. The number of carboxylic acid groups (broad SMARTS) is 1. The number of hydrogen-bond acceptors (Lipinski definition) is 4. The number of piperidine rings is 1. The van der Waals surface area contributed by atoms with E-state index in [1.165, 1.54) is 7.11 Å². The fourth-order valence-electron chi connectivity index (χ4n) is 2.91. The van der Waals surface area contributed by atoms with Crippen LogP contribution < -0.4 is 5.32 Å². The maximum Gasteiger partial charge on any atom is 0.305 e. The van der Waals surface area contributed by atoms with Crippen molar-refractivity contribution in [2.75, 3.05) is 26.8 Å². The van der Waals surface area contributed by atoms with E-state index >= 15 is 0 Å². The lowest BCUT2D eigenvalue weighted by atomic mass is 9.92. The number of carbonyl (C=O) groups is 3. The Morgan fingerprint density at radius 2 is 1.87 bits per heavy atom. The van der Waals surface area contributed by atoms with E-state index in [-0.39, 0.29) is 36.7 Å². The first-order chi connectivity index (χ1) is 10.7. The van der Waals surface area contributed by atoms with Gasteiger partial charge in [0.15, 0.2) is 0 Å². The molecule has 2 amide bonds. The molecule has 7 nitrogen and oxygen atoms in total. The van der Waals surface area contributed by atoms with Crippen molar-refractivity contribution in [3.8, 4) is 0 Å². The summed E-state index contributed by atoms with van der Waals surface area (Å²) in [6.45, 7) is 6.66. The molecular formula is C16H28N2O5. The second kappa shape index (κ2) is 8.29. The summed E-state index contributed by atoms with van der Waals surface area (Å²) >= 11 is 0. The van der Waals surface area contributed by atoms with Gasteiger partial charge < -0.3 is 20.1 Å². The van der Waals surface area contributed by atoms with Crippen LogP contribution in [0.2, 0.25) is 0 Å². The fraction of sp³-hybridized carbons (Fsp3) is 0.812. The van der Waals surface area contributed by atoms with E-state index in [0.29, 0.717) is 25.9 Å². The second-order valence-electron chi connectivity index (χ2n) is 6.81. The molecule has 0 saturated carbocycles. The molecule has 0 aromatic heterocycles. The molecule has 1 rings (SSSR count). The van der Waals surface area contributed by atoms with Crippen LogP contribution in [0.15, 0.2) is 0 Å². The zero-order valence-electron chi connectivity index (χ0n) is 14.4. The number of carbonyl (C=O) groups excluding carboxylic acids is 2. The summed E-state index contributed by atoms with van der Waals surface area (Å²) in [5.74, 6) is -1.28. The van der Waals surface area contributed by atoms with Crippen LogP contribution in [-0.2, 0) is 19.1 Å². The Balaban J connectivity index is 2.58. The highest BCUT2D eigenvalue weighted by Crippen LogP contribution is 2.21. The van der Waals surface area contributed by atoms with E-state index in [1.54, 1.807) is 11.8 Å². The molecule has 132 valence electrons. The summed E-state index contributed by atoms with van der Waals surface area (Å²) in [6.07, 6.45) is 0.998. The van der Waals surface area contributed by atoms with Crippen LogP contribution in [0.4, 0.5) is 0 Å². The number of aliphatic carboxylic acids is 1. The van der Waals surface area contributed by atoms with Crippen LogP contribution >= 0.6 is 0 Å². The molecular weight excluding hydrogens is 300 g/mol. The molecule has 2 N–H and O–H groups in total. The van der Waals surface area contributed by atoms with Gasteiger partial charge in [0.2, 0.25) is 11.8 Å². The number of ether oxygens (including phenoxy) is 1. The normalized spacial score (nSPS) is 18.6. The lowest BCUT2D eigenvalue weighted by Gasteiger charge is -2.35.